The van der Waals surface area contributed by atoms with E-state index >= 15 is 0 Å². The highest BCUT2D eigenvalue weighted by molar-refractivity contribution is 6.46. The van der Waals surface area contributed by atoms with Crippen LogP contribution in [0.1, 0.15) is 13.8 Å². The third-order valence-corrected chi connectivity index (χ3v) is 4.00. The van der Waals surface area contributed by atoms with Gasteiger partial charge in [0, 0.05) is 0 Å². The first-order valence-corrected chi connectivity index (χ1v) is 8.02. The zero-order valence-corrected chi connectivity index (χ0v) is 14.1. The van der Waals surface area contributed by atoms with Gasteiger partial charge < -0.3 is 9.47 Å². The fourth-order valence-electron chi connectivity index (χ4n) is 2.95. The highest BCUT2D eigenvalue weighted by Crippen LogP contribution is 2.36. The average Bonchev–Trinajstić information content (AvgIpc) is 3.14. The second-order valence-electron chi connectivity index (χ2n) is 5.47. The highest BCUT2D eigenvalue weighted by Gasteiger charge is 2.59. The summed E-state index contributed by atoms with van der Waals surface area (Å²) >= 11 is 0. The minimum absolute atomic E-state index is 0.0640. The lowest BCUT2D eigenvalue weighted by Crippen LogP contribution is -2.36. The molecular formula is C16H16N4O6. The van der Waals surface area contributed by atoms with E-state index in [1.54, 1.807) is 31.2 Å². The molecule has 2 aliphatic heterocycles. The van der Waals surface area contributed by atoms with E-state index in [2.05, 4.69) is 10.4 Å². The van der Waals surface area contributed by atoms with E-state index in [1.165, 1.54) is 0 Å². The first-order chi connectivity index (χ1) is 12.5. The molecule has 2 heterocycles. The molecule has 10 heteroatoms. The van der Waals surface area contributed by atoms with Crippen LogP contribution in [-0.4, -0.2) is 47.9 Å². The third-order valence-electron chi connectivity index (χ3n) is 4.00. The number of rotatable bonds is 6. The monoisotopic (exact) mass is 360 g/mol. The van der Waals surface area contributed by atoms with E-state index in [9.17, 15) is 19.3 Å². The molecule has 0 radical (unpaired) electrons. The quantitative estimate of drug-likeness (QED) is 0.419. The molecule has 26 heavy (non-hydrogen) atoms. The van der Waals surface area contributed by atoms with E-state index in [4.69, 9.17) is 9.47 Å². The highest BCUT2D eigenvalue weighted by atomic mass is 16.5. The number of carbonyl (C=O) groups excluding carboxylic acids is 3. The van der Waals surface area contributed by atoms with Gasteiger partial charge in [0.05, 0.1) is 24.2 Å². The van der Waals surface area contributed by atoms with Crippen molar-refractivity contribution in [2.45, 2.75) is 19.9 Å². The van der Waals surface area contributed by atoms with Crippen LogP contribution in [0.2, 0.25) is 0 Å². The van der Waals surface area contributed by atoms with Crippen LogP contribution in [0.3, 0.4) is 0 Å². The number of fused-ring (bicyclic) bond motifs is 1. The normalized spacial score (nSPS) is 21.5. The van der Waals surface area contributed by atoms with Crippen molar-refractivity contribution >= 4 is 29.2 Å². The molecule has 0 N–H and O–H groups in total. The van der Waals surface area contributed by atoms with Gasteiger partial charge in [0.25, 0.3) is 5.91 Å². The number of nitroso groups, excluding NO2 is 1. The lowest BCUT2D eigenvalue weighted by atomic mass is 9.98. The maximum absolute atomic E-state index is 12.8. The van der Waals surface area contributed by atoms with Crippen molar-refractivity contribution in [3.63, 3.8) is 0 Å². The summed E-state index contributed by atoms with van der Waals surface area (Å²) in [7, 11) is 0. The largest absolute Gasteiger partial charge is 0.494 e. The second kappa shape index (κ2) is 6.90. The molecule has 136 valence electrons. The van der Waals surface area contributed by atoms with Gasteiger partial charge in [0.15, 0.2) is 11.8 Å². The number of nitrogens with zero attached hydrogens (tertiary/aromatic N) is 4. The lowest BCUT2D eigenvalue weighted by molar-refractivity contribution is -0.136. The van der Waals surface area contributed by atoms with Gasteiger partial charge in [-0.3, -0.25) is 9.59 Å². The number of hydrogen-bond donors (Lipinski definition) is 0. The number of imide groups is 1. The molecule has 0 saturated carbocycles. The molecule has 10 nitrogen and oxygen atoms in total. The van der Waals surface area contributed by atoms with Crippen molar-refractivity contribution in [2.75, 3.05) is 18.1 Å². The number of hydrogen-bond acceptors (Lipinski definition) is 8. The summed E-state index contributed by atoms with van der Waals surface area (Å²) in [4.78, 5) is 49.5. The van der Waals surface area contributed by atoms with Gasteiger partial charge in [-0.1, -0.05) is 0 Å². The molecule has 0 spiro atoms. The van der Waals surface area contributed by atoms with Gasteiger partial charge in [-0.15, -0.1) is 15.1 Å². The number of carbonyl (C=O) groups is 3. The summed E-state index contributed by atoms with van der Waals surface area (Å²) in [6.07, 6.45) is 0. The summed E-state index contributed by atoms with van der Waals surface area (Å²) in [6.45, 7) is 3.97. The smallest absolute Gasteiger partial charge is 0.355 e. The summed E-state index contributed by atoms with van der Waals surface area (Å²) in [5, 5.41) is 6.88. The van der Waals surface area contributed by atoms with Crippen molar-refractivity contribution in [1.29, 1.82) is 0 Å². The summed E-state index contributed by atoms with van der Waals surface area (Å²) < 4.78 is 10.2. The Bertz CT molecular complexity index is 790. The van der Waals surface area contributed by atoms with Gasteiger partial charge in [-0.25, -0.2) is 9.69 Å². The fraction of sp³-hybridized carbons (Fsp3) is 0.375. The molecule has 1 aromatic carbocycles. The Kier molecular flexibility index (Phi) is 4.65. The zero-order valence-electron chi connectivity index (χ0n) is 14.1. The van der Waals surface area contributed by atoms with Crippen molar-refractivity contribution < 1.29 is 23.9 Å². The van der Waals surface area contributed by atoms with E-state index in [1.807, 2.05) is 6.92 Å². The van der Waals surface area contributed by atoms with Crippen molar-refractivity contribution in [1.82, 2.24) is 5.12 Å². The summed E-state index contributed by atoms with van der Waals surface area (Å²) in [5.74, 6) is -2.86. The summed E-state index contributed by atoms with van der Waals surface area (Å²) in [5.41, 5.74) is -0.00449. The molecule has 1 aromatic rings. The average molecular weight is 360 g/mol. The predicted octanol–water partition coefficient (Wildman–Crippen LogP) is 0.859. The molecule has 0 bridgehead atoms. The zero-order chi connectivity index (χ0) is 18.8. The molecular weight excluding hydrogens is 344 g/mol. The maximum atomic E-state index is 12.8. The Morgan fingerprint density at radius 1 is 1.15 bits per heavy atom. The van der Waals surface area contributed by atoms with Gasteiger partial charge in [0.2, 0.25) is 5.91 Å². The van der Waals surface area contributed by atoms with E-state index in [0.717, 1.165) is 4.90 Å². The third kappa shape index (κ3) is 2.68. The molecule has 1 saturated heterocycles. The molecule has 2 atom stereocenters. The molecule has 1 fully saturated rings. The molecule has 2 amide bonds. The number of amides is 2. The standard InChI is InChI=1S/C16H16N4O6/c1-3-25-10-7-5-9(6-8-10)19-14(21)11-12(16(23)26-4-2)17-20(18-24)13(11)15(19)22/h5-8,11,13H,3-4H2,1-2H3/t11-,13-/m0/s1. The van der Waals surface area contributed by atoms with Crippen LogP contribution in [0.15, 0.2) is 34.7 Å². The first-order valence-electron chi connectivity index (χ1n) is 8.02. The fourth-order valence-corrected chi connectivity index (χ4v) is 2.95. The van der Waals surface area contributed by atoms with Crippen LogP contribution < -0.4 is 9.64 Å². The molecule has 2 aliphatic rings. The maximum Gasteiger partial charge on any atom is 0.355 e. The molecule has 3 rings (SSSR count). The van der Waals surface area contributed by atoms with Crippen LogP contribution in [0.25, 0.3) is 0 Å². The number of ether oxygens (including phenoxy) is 2. The SMILES string of the molecule is CCOC(=O)C1=NN(N=O)[C@@H]2C(=O)N(c3ccc(OCC)cc3)C(=O)[C@@H]12. The van der Waals surface area contributed by atoms with Crippen molar-refractivity contribution in [3.8, 4) is 5.75 Å². The number of esters is 1. The summed E-state index contributed by atoms with van der Waals surface area (Å²) in [6, 6.07) is 5.03. The minimum atomic E-state index is -1.29. The Morgan fingerprint density at radius 2 is 1.85 bits per heavy atom. The lowest BCUT2D eigenvalue weighted by Gasteiger charge is -2.17. The Balaban J connectivity index is 1.93. The van der Waals surface area contributed by atoms with Crippen molar-refractivity contribution in [3.05, 3.63) is 29.2 Å². The minimum Gasteiger partial charge on any atom is -0.494 e. The molecule has 0 aliphatic carbocycles. The van der Waals surface area contributed by atoms with Crippen LogP contribution in [-0.2, 0) is 19.1 Å². The Morgan fingerprint density at radius 3 is 2.42 bits per heavy atom. The predicted molar refractivity (Wildman–Crippen MR) is 89.1 cm³/mol. The second-order valence-corrected chi connectivity index (χ2v) is 5.47. The van der Waals surface area contributed by atoms with Gasteiger partial charge in [-0.05, 0) is 38.1 Å². The van der Waals surface area contributed by atoms with Crippen LogP contribution >= 0.6 is 0 Å². The van der Waals surface area contributed by atoms with E-state index in [-0.39, 0.29) is 12.3 Å². The van der Waals surface area contributed by atoms with Gasteiger partial charge >= 0.3 is 5.97 Å². The topological polar surface area (TPSA) is 118 Å². The van der Waals surface area contributed by atoms with Crippen LogP contribution in [0.4, 0.5) is 5.69 Å². The van der Waals surface area contributed by atoms with Gasteiger partial charge in [-0.2, -0.15) is 0 Å². The van der Waals surface area contributed by atoms with Crippen LogP contribution in [0, 0.1) is 10.8 Å². The first kappa shape index (κ1) is 17.5. The molecule has 0 unspecified atom stereocenters. The van der Waals surface area contributed by atoms with Crippen molar-refractivity contribution in [2.24, 2.45) is 16.3 Å². The van der Waals surface area contributed by atoms with Gasteiger partial charge in [0.1, 0.15) is 11.7 Å². The molecule has 0 aromatic heterocycles. The Labute approximate surface area is 148 Å². The number of hydrazone groups is 1. The van der Waals surface area contributed by atoms with E-state index in [0.29, 0.717) is 23.2 Å². The Hall–Kier alpha value is -3.30. The number of anilines is 1. The van der Waals surface area contributed by atoms with Crippen LogP contribution in [0.5, 0.6) is 5.75 Å². The number of benzene rings is 1. The van der Waals surface area contributed by atoms with E-state index < -0.39 is 29.7 Å².